The predicted octanol–water partition coefficient (Wildman–Crippen LogP) is 4.57. The SMILES string of the molecule is Nc1ccc2nc(Oc3ccc(Br)cc3F)sc2c1. The molecule has 1 aromatic heterocycles. The molecule has 2 N–H and O–H groups in total. The maximum Gasteiger partial charge on any atom is 0.279 e. The smallest absolute Gasteiger partial charge is 0.279 e. The second kappa shape index (κ2) is 4.79. The van der Waals surface area contributed by atoms with Crippen molar-refractivity contribution >= 4 is 43.2 Å². The van der Waals surface area contributed by atoms with Crippen LogP contribution in [0.15, 0.2) is 40.9 Å². The Morgan fingerprint density at radius 2 is 2.05 bits per heavy atom. The number of thiazole rings is 1. The molecule has 0 aliphatic rings. The number of hydrogen-bond acceptors (Lipinski definition) is 4. The maximum absolute atomic E-state index is 13.7. The number of rotatable bonds is 2. The maximum atomic E-state index is 13.7. The summed E-state index contributed by atoms with van der Waals surface area (Å²) in [6.07, 6.45) is 0. The molecule has 0 bridgehead atoms. The average Bonchev–Trinajstić information content (AvgIpc) is 2.74. The van der Waals surface area contributed by atoms with Crippen molar-refractivity contribution in [2.24, 2.45) is 0 Å². The lowest BCUT2D eigenvalue weighted by atomic mass is 10.3. The standard InChI is InChI=1S/C13H8BrFN2OS/c14-7-1-4-11(9(15)5-7)18-13-17-10-3-2-8(16)6-12(10)19-13/h1-6H,16H2. The van der Waals surface area contributed by atoms with Crippen LogP contribution in [0.25, 0.3) is 10.2 Å². The van der Waals surface area contributed by atoms with E-state index in [2.05, 4.69) is 20.9 Å². The Hall–Kier alpha value is -1.66. The Bertz CT molecular complexity index is 759. The highest BCUT2D eigenvalue weighted by atomic mass is 79.9. The zero-order chi connectivity index (χ0) is 13.4. The zero-order valence-corrected chi connectivity index (χ0v) is 12.0. The summed E-state index contributed by atoms with van der Waals surface area (Å²) >= 11 is 4.52. The summed E-state index contributed by atoms with van der Waals surface area (Å²) in [5, 5.41) is 0.391. The first-order chi connectivity index (χ1) is 9.11. The van der Waals surface area contributed by atoms with E-state index in [1.807, 2.05) is 12.1 Å². The zero-order valence-electron chi connectivity index (χ0n) is 9.56. The minimum absolute atomic E-state index is 0.148. The molecule has 0 saturated heterocycles. The number of fused-ring (bicyclic) bond motifs is 1. The molecule has 0 unspecified atom stereocenters. The van der Waals surface area contributed by atoms with E-state index in [0.717, 1.165) is 10.2 Å². The second-order valence-electron chi connectivity index (χ2n) is 3.88. The van der Waals surface area contributed by atoms with Gasteiger partial charge in [0.2, 0.25) is 0 Å². The molecular formula is C13H8BrFN2OS. The van der Waals surface area contributed by atoms with E-state index in [4.69, 9.17) is 10.5 Å². The normalized spacial score (nSPS) is 10.8. The molecule has 96 valence electrons. The monoisotopic (exact) mass is 338 g/mol. The van der Waals surface area contributed by atoms with Crippen LogP contribution in [0.2, 0.25) is 0 Å². The molecule has 3 rings (SSSR count). The molecule has 3 aromatic rings. The minimum atomic E-state index is -0.437. The lowest BCUT2D eigenvalue weighted by Crippen LogP contribution is -1.87. The number of benzene rings is 2. The fourth-order valence-electron chi connectivity index (χ4n) is 1.62. The van der Waals surface area contributed by atoms with Crippen molar-refractivity contribution in [1.82, 2.24) is 4.98 Å². The van der Waals surface area contributed by atoms with Crippen LogP contribution in [0, 0.1) is 5.82 Å². The highest BCUT2D eigenvalue weighted by Gasteiger charge is 2.09. The second-order valence-corrected chi connectivity index (χ2v) is 5.79. The Balaban J connectivity index is 1.96. The molecule has 3 nitrogen and oxygen atoms in total. The third kappa shape index (κ3) is 2.54. The van der Waals surface area contributed by atoms with Crippen molar-refractivity contribution in [2.45, 2.75) is 0 Å². The van der Waals surface area contributed by atoms with E-state index in [-0.39, 0.29) is 5.75 Å². The molecule has 0 fully saturated rings. The van der Waals surface area contributed by atoms with E-state index < -0.39 is 5.82 Å². The van der Waals surface area contributed by atoms with Crippen LogP contribution in [0.1, 0.15) is 0 Å². The van der Waals surface area contributed by atoms with Gasteiger partial charge in [-0.3, -0.25) is 0 Å². The minimum Gasteiger partial charge on any atom is -0.428 e. The number of anilines is 1. The van der Waals surface area contributed by atoms with Gasteiger partial charge in [0.1, 0.15) is 0 Å². The van der Waals surface area contributed by atoms with E-state index in [1.165, 1.54) is 17.4 Å². The largest absolute Gasteiger partial charge is 0.428 e. The summed E-state index contributed by atoms with van der Waals surface area (Å²) in [6, 6.07) is 10.0. The molecule has 0 radical (unpaired) electrons. The first kappa shape index (κ1) is 12.4. The van der Waals surface area contributed by atoms with Gasteiger partial charge < -0.3 is 10.5 Å². The van der Waals surface area contributed by atoms with Crippen LogP contribution < -0.4 is 10.5 Å². The van der Waals surface area contributed by atoms with E-state index in [0.29, 0.717) is 15.4 Å². The van der Waals surface area contributed by atoms with Crippen molar-refractivity contribution in [3.05, 3.63) is 46.7 Å². The summed E-state index contributed by atoms with van der Waals surface area (Å²) < 4.78 is 20.7. The van der Waals surface area contributed by atoms with Crippen LogP contribution in [0.5, 0.6) is 10.9 Å². The summed E-state index contributed by atoms with van der Waals surface area (Å²) in [5.74, 6) is -0.289. The Morgan fingerprint density at radius 3 is 2.84 bits per heavy atom. The summed E-state index contributed by atoms with van der Waals surface area (Å²) in [6.45, 7) is 0. The van der Waals surface area contributed by atoms with Crippen molar-refractivity contribution in [2.75, 3.05) is 5.73 Å². The van der Waals surface area contributed by atoms with Gasteiger partial charge >= 0.3 is 0 Å². The van der Waals surface area contributed by atoms with Crippen molar-refractivity contribution in [3.8, 4) is 10.9 Å². The van der Waals surface area contributed by atoms with Gasteiger partial charge in [0.15, 0.2) is 11.6 Å². The third-order valence-electron chi connectivity index (χ3n) is 2.48. The average molecular weight is 339 g/mol. The van der Waals surface area contributed by atoms with Crippen LogP contribution in [-0.4, -0.2) is 4.98 Å². The first-order valence-electron chi connectivity index (χ1n) is 5.41. The molecule has 0 spiro atoms. The van der Waals surface area contributed by atoms with Crippen LogP contribution in [-0.2, 0) is 0 Å². The van der Waals surface area contributed by atoms with E-state index >= 15 is 0 Å². The highest BCUT2D eigenvalue weighted by Crippen LogP contribution is 2.33. The van der Waals surface area contributed by atoms with Crippen LogP contribution >= 0.6 is 27.3 Å². The van der Waals surface area contributed by atoms with Crippen molar-refractivity contribution in [1.29, 1.82) is 0 Å². The number of halogens is 2. The molecule has 19 heavy (non-hydrogen) atoms. The van der Waals surface area contributed by atoms with Gasteiger partial charge in [0.05, 0.1) is 10.2 Å². The quantitative estimate of drug-likeness (QED) is 0.696. The number of aromatic nitrogens is 1. The number of nitrogen functional groups attached to an aromatic ring is 1. The lowest BCUT2D eigenvalue weighted by Gasteiger charge is -2.02. The summed E-state index contributed by atoms with van der Waals surface area (Å²) in [4.78, 5) is 4.28. The number of hydrogen-bond donors (Lipinski definition) is 1. The fourth-order valence-corrected chi connectivity index (χ4v) is 2.83. The van der Waals surface area contributed by atoms with E-state index in [9.17, 15) is 4.39 Å². The number of nitrogens with two attached hydrogens (primary N) is 1. The summed E-state index contributed by atoms with van der Waals surface area (Å²) in [7, 11) is 0. The van der Waals surface area contributed by atoms with Gasteiger partial charge in [-0.05, 0) is 36.4 Å². The number of ether oxygens (including phenoxy) is 1. The predicted molar refractivity (Wildman–Crippen MR) is 78.2 cm³/mol. The fraction of sp³-hybridized carbons (Fsp3) is 0. The molecule has 0 aliphatic heterocycles. The molecule has 2 aromatic carbocycles. The van der Waals surface area contributed by atoms with Gasteiger partial charge in [-0.2, -0.15) is 0 Å². The van der Waals surface area contributed by atoms with Gasteiger partial charge in [-0.15, -0.1) is 0 Å². The van der Waals surface area contributed by atoms with Gasteiger partial charge in [0.25, 0.3) is 5.19 Å². The van der Waals surface area contributed by atoms with Gasteiger partial charge in [-0.1, -0.05) is 27.3 Å². The Labute approximate surface area is 121 Å². The topological polar surface area (TPSA) is 48.1 Å². The molecule has 0 aliphatic carbocycles. The third-order valence-corrected chi connectivity index (χ3v) is 3.87. The molecule has 1 heterocycles. The Morgan fingerprint density at radius 1 is 1.21 bits per heavy atom. The van der Waals surface area contributed by atoms with Gasteiger partial charge in [0, 0.05) is 10.2 Å². The van der Waals surface area contributed by atoms with Crippen LogP contribution in [0.3, 0.4) is 0 Å². The molecule has 6 heteroatoms. The first-order valence-corrected chi connectivity index (χ1v) is 7.02. The highest BCUT2D eigenvalue weighted by molar-refractivity contribution is 9.10. The van der Waals surface area contributed by atoms with Crippen molar-refractivity contribution in [3.63, 3.8) is 0 Å². The van der Waals surface area contributed by atoms with Crippen molar-refractivity contribution < 1.29 is 9.13 Å². The number of nitrogens with zero attached hydrogens (tertiary/aromatic N) is 1. The molecular weight excluding hydrogens is 331 g/mol. The molecule has 0 atom stereocenters. The molecule has 0 amide bonds. The molecule has 0 saturated carbocycles. The lowest BCUT2D eigenvalue weighted by molar-refractivity contribution is 0.440. The van der Waals surface area contributed by atoms with E-state index in [1.54, 1.807) is 18.2 Å². The van der Waals surface area contributed by atoms with Crippen LogP contribution in [0.4, 0.5) is 10.1 Å². The summed E-state index contributed by atoms with van der Waals surface area (Å²) in [5.41, 5.74) is 7.15. The Kier molecular flexibility index (Phi) is 3.12. The van der Waals surface area contributed by atoms with Gasteiger partial charge in [-0.25, -0.2) is 9.37 Å².